The number of likely N-dealkylation sites (tertiary alicyclic amines) is 1. The molecule has 2 aliphatic heterocycles. The fourth-order valence-electron chi connectivity index (χ4n) is 5.04. The molecule has 0 N–H and O–H groups in total. The van der Waals surface area contributed by atoms with Crippen molar-refractivity contribution in [1.82, 2.24) is 9.91 Å². The van der Waals surface area contributed by atoms with Crippen LogP contribution in [-0.4, -0.2) is 75.1 Å². The van der Waals surface area contributed by atoms with Gasteiger partial charge >= 0.3 is 5.97 Å². The summed E-state index contributed by atoms with van der Waals surface area (Å²) >= 11 is 0. The Balaban J connectivity index is 1.62. The van der Waals surface area contributed by atoms with Crippen LogP contribution in [0, 0.1) is 5.92 Å². The monoisotopic (exact) mass is 509 g/mol. The predicted molar refractivity (Wildman–Crippen MR) is 139 cm³/mol. The van der Waals surface area contributed by atoms with Gasteiger partial charge in [0.2, 0.25) is 0 Å². The van der Waals surface area contributed by atoms with Crippen LogP contribution in [0.2, 0.25) is 0 Å². The molecule has 9 heteroatoms. The van der Waals surface area contributed by atoms with E-state index >= 15 is 0 Å². The van der Waals surface area contributed by atoms with Gasteiger partial charge in [0, 0.05) is 30.2 Å². The average molecular weight is 510 g/mol. The van der Waals surface area contributed by atoms with Crippen LogP contribution in [0.5, 0.6) is 17.2 Å². The standard InChI is InChI=1S/C28H35N3O6/c1-5-37-28(33)19-9-8-14-30(17-19)18-27(32)31-24(22-13-12-20(34-2)15-26(22)36-4)16-23(29-31)21-10-6-7-11-25(21)35-3/h6-7,10-13,15,19,24H,5,8-9,14,16-18H2,1-4H3/t19-,24+/m0/s1. The molecule has 0 unspecified atom stereocenters. The number of carbonyl (C=O) groups is 2. The number of rotatable bonds is 9. The summed E-state index contributed by atoms with van der Waals surface area (Å²) in [5, 5.41) is 6.36. The van der Waals surface area contributed by atoms with Crippen LogP contribution in [0.1, 0.15) is 43.4 Å². The molecule has 37 heavy (non-hydrogen) atoms. The number of benzene rings is 2. The van der Waals surface area contributed by atoms with E-state index in [0.29, 0.717) is 36.8 Å². The van der Waals surface area contributed by atoms with E-state index in [4.69, 9.17) is 24.0 Å². The zero-order valence-electron chi connectivity index (χ0n) is 21.9. The Morgan fingerprint density at radius 1 is 1.03 bits per heavy atom. The van der Waals surface area contributed by atoms with Crippen molar-refractivity contribution in [2.75, 3.05) is 47.6 Å². The third-order valence-corrected chi connectivity index (χ3v) is 6.87. The maximum absolute atomic E-state index is 13.7. The first-order valence-corrected chi connectivity index (χ1v) is 12.6. The Labute approximate surface area is 217 Å². The van der Waals surface area contributed by atoms with Crippen molar-refractivity contribution in [3.05, 3.63) is 53.6 Å². The molecule has 0 radical (unpaired) electrons. The normalized spacial score (nSPS) is 19.8. The van der Waals surface area contributed by atoms with Crippen LogP contribution in [0.15, 0.2) is 47.6 Å². The minimum atomic E-state index is -0.362. The Bertz CT molecular complexity index is 1150. The van der Waals surface area contributed by atoms with Gasteiger partial charge in [-0.15, -0.1) is 0 Å². The number of methoxy groups -OCH3 is 3. The molecule has 2 heterocycles. The molecule has 0 spiro atoms. The summed E-state index contributed by atoms with van der Waals surface area (Å²) in [4.78, 5) is 28.0. The minimum Gasteiger partial charge on any atom is -0.497 e. The van der Waals surface area contributed by atoms with Gasteiger partial charge in [0.15, 0.2) is 0 Å². The molecular weight excluding hydrogens is 474 g/mol. The van der Waals surface area contributed by atoms with Crippen molar-refractivity contribution in [3.8, 4) is 17.2 Å². The lowest BCUT2D eigenvalue weighted by molar-refractivity contribution is -0.150. The van der Waals surface area contributed by atoms with Gasteiger partial charge in [-0.3, -0.25) is 14.5 Å². The van der Waals surface area contributed by atoms with Gasteiger partial charge in [-0.2, -0.15) is 5.10 Å². The smallest absolute Gasteiger partial charge is 0.310 e. The molecule has 2 aromatic rings. The van der Waals surface area contributed by atoms with E-state index in [1.54, 1.807) is 33.3 Å². The molecule has 9 nitrogen and oxygen atoms in total. The molecule has 2 atom stereocenters. The van der Waals surface area contributed by atoms with E-state index in [9.17, 15) is 9.59 Å². The third-order valence-electron chi connectivity index (χ3n) is 6.87. The summed E-state index contributed by atoms with van der Waals surface area (Å²) < 4.78 is 21.8. The average Bonchev–Trinajstić information content (AvgIpc) is 3.38. The molecular formula is C28H35N3O6. The van der Waals surface area contributed by atoms with Gasteiger partial charge in [-0.05, 0) is 50.6 Å². The Morgan fingerprint density at radius 2 is 1.81 bits per heavy atom. The van der Waals surface area contributed by atoms with Gasteiger partial charge in [-0.1, -0.05) is 12.1 Å². The Kier molecular flexibility index (Phi) is 8.66. The number of carbonyl (C=O) groups excluding carboxylic acids is 2. The lowest BCUT2D eigenvalue weighted by atomic mass is 9.96. The van der Waals surface area contributed by atoms with Gasteiger partial charge in [0.1, 0.15) is 17.2 Å². The van der Waals surface area contributed by atoms with Crippen molar-refractivity contribution < 1.29 is 28.5 Å². The lowest BCUT2D eigenvalue weighted by Crippen LogP contribution is -2.44. The van der Waals surface area contributed by atoms with Crippen LogP contribution in [0.4, 0.5) is 0 Å². The Hall–Kier alpha value is -3.59. The molecule has 2 aromatic carbocycles. The molecule has 1 fully saturated rings. The van der Waals surface area contributed by atoms with E-state index in [-0.39, 0.29) is 30.4 Å². The highest BCUT2D eigenvalue weighted by Gasteiger charge is 2.37. The highest BCUT2D eigenvalue weighted by Crippen LogP contribution is 2.40. The highest BCUT2D eigenvalue weighted by atomic mass is 16.5. The lowest BCUT2D eigenvalue weighted by Gasteiger charge is -2.32. The molecule has 1 saturated heterocycles. The fourth-order valence-corrected chi connectivity index (χ4v) is 5.04. The maximum atomic E-state index is 13.7. The topological polar surface area (TPSA) is 89.9 Å². The molecule has 0 aliphatic carbocycles. The first kappa shape index (κ1) is 26.5. The van der Waals surface area contributed by atoms with Gasteiger partial charge in [-0.25, -0.2) is 5.01 Å². The van der Waals surface area contributed by atoms with Gasteiger partial charge in [0.25, 0.3) is 5.91 Å². The van der Waals surface area contributed by atoms with Crippen molar-refractivity contribution in [3.63, 3.8) is 0 Å². The van der Waals surface area contributed by atoms with E-state index in [1.807, 2.05) is 47.4 Å². The molecule has 1 amide bonds. The number of para-hydroxylation sites is 1. The molecule has 0 saturated carbocycles. The zero-order valence-corrected chi connectivity index (χ0v) is 21.9. The third kappa shape index (κ3) is 5.88. The summed E-state index contributed by atoms with van der Waals surface area (Å²) in [6.45, 7) is 3.56. The number of nitrogens with zero attached hydrogens (tertiary/aromatic N) is 3. The quantitative estimate of drug-likeness (QED) is 0.477. The van der Waals surface area contributed by atoms with Crippen molar-refractivity contribution in [1.29, 1.82) is 0 Å². The Morgan fingerprint density at radius 3 is 2.54 bits per heavy atom. The second-order valence-electron chi connectivity index (χ2n) is 9.14. The number of esters is 1. The van der Waals surface area contributed by atoms with Crippen LogP contribution in [0.25, 0.3) is 0 Å². The maximum Gasteiger partial charge on any atom is 0.310 e. The SMILES string of the molecule is CCOC(=O)[C@H]1CCCN(CC(=O)N2N=C(c3ccccc3OC)C[C@@H]2c2ccc(OC)cc2OC)C1. The summed E-state index contributed by atoms with van der Waals surface area (Å²) in [6, 6.07) is 12.9. The van der Waals surface area contributed by atoms with E-state index in [1.165, 1.54) is 0 Å². The summed E-state index contributed by atoms with van der Waals surface area (Å²) in [5.74, 6) is 1.43. The van der Waals surface area contributed by atoms with Crippen LogP contribution >= 0.6 is 0 Å². The van der Waals surface area contributed by atoms with E-state index in [0.717, 1.165) is 36.2 Å². The molecule has 198 valence electrons. The number of amides is 1. The van der Waals surface area contributed by atoms with Crippen LogP contribution < -0.4 is 14.2 Å². The first-order chi connectivity index (χ1) is 18.0. The highest BCUT2D eigenvalue weighted by molar-refractivity contribution is 6.05. The minimum absolute atomic E-state index is 0.141. The summed E-state index contributed by atoms with van der Waals surface area (Å²) in [5.41, 5.74) is 2.45. The zero-order chi connectivity index (χ0) is 26.4. The fraction of sp³-hybridized carbons (Fsp3) is 0.464. The molecule has 0 bridgehead atoms. The predicted octanol–water partition coefficient (Wildman–Crippen LogP) is 3.67. The number of hydrogen-bond acceptors (Lipinski definition) is 8. The second-order valence-corrected chi connectivity index (χ2v) is 9.14. The number of ether oxygens (including phenoxy) is 4. The summed E-state index contributed by atoms with van der Waals surface area (Å²) in [7, 11) is 4.83. The van der Waals surface area contributed by atoms with Gasteiger partial charge in [0.05, 0.1) is 52.2 Å². The number of hydrazone groups is 1. The molecule has 0 aromatic heterocycles. The van der Waals surface area contributed by atoms with Crippen molar-refractivity contribution in [2.45, 2.75) is 32.2 Å². The number of piperidine rings is 1. The van der Waals surface area contributed by atoms with Crippen molar-refractivity contribution in [2.24, 2.45) is 11.0 Å². The van der Waals surface area contributed by atoms with Crippen LogP contribution in [0.3, 0.4) is 0 Å². The summed E-state index contributed by atoms with van der Waals surface area (Å²) in [6.07, 6.45) is 2.11. The van der Waals surface area contributed by atoms with Crippen LogP contribution in [-0.2, 0) is 14.3 Å². The van der Waals surface area contributed by atoms with Gasteiger partial charge < -0.3 is 18.9 Å². The van der Waals surface area contributed by atoms with E-state index < -0.39 is 0 Å². The van der Waals surface area contributed by atoms with E-state index in [2.05, 4.69) is 0 Å². The number of hydrogen-bond donors (Lipinski definition) is 0. The largest absolute Gasteiger partial charge is 0.497 e. The first-order valence-electron chi connectivity index (χ1n) is 12.6. The second kappa shape index (κ2) is 12.1. The molecule has 2 aliphatic rings. The molecule has 4 rings (SSSR count). The van der Waals surface area contributed by atoms with Crippen molar-refractivity contribution >= 4 is 17.6 Å².